The van der Waals surface area contributed by atoms with E-state index in [0.717, 1.165) is 25.7 Å². The molecule has 1 saturated heterocycles. The number of benzene rings is 1. The van der Waals surface area contributed by atoms with E-state index in [-0.39, 0.29) is 22.8 Å². The number of nitrogens with zero attached hydrogens (tertiary/aromatic N) is 1. The molecule has 25 heavy (non-hydrogen) atoms. The molecule has 1 aromatic carbocycles. The molecule has 0 atom stereocenters. The topological polar surface area (TPSA) is 76.1 Å². The molecular weight excluding hydrogens is 322 g/mol. The summed E-state index contributed by atoms with van der Waals surface area (Å²) < 4.78 is 11.3. The minimum absolute atomic E-state index is 0.00536. The number of carbonyl (C=O) groups is 2. The van der Waals surface area contributed by atoms with Crippen LogP contribution in [0.4, 0.5) is 0 Å². The molecule has 0 radical (unpaired) electrons. The molecule has 3 rings (SSSR count). The zero-order valence-corrected chi connectivity index (χ0v) is 14.6. The van der Waals surface area contributed by atoms with Crippen molar-refractivity contribution in [2.75, 3.05) is 26.8 Å². The Kier molecular flexibility index (Phi) is 5.27. The van der Waals surface area contributed by atoms with Crippen LogP contribution in [0.3, 0.4) is 0 Å². The molecule has 1 aromatic rings. The maximum atomic E-state index is 13.1. The Morgan fingerprint density at radius 2 is 1.84 bits per heavy atom. The van der Waals surface area contributed by atoms with Crippen LogP contribution in [0, 0.1) is 0 Å². The lowest BCUT2D eigenvalue weighted by atomic mass is 9.92. The van der Waals surface area contributed by atoms with E-state index in [1.165, 1.54) is 26.0 Å². The van der Waals surface area contributed by atoms with Crippen molar-refractivity contribution >= 4 is 11.9 Å². The van der Waals surface area contributed by atoms with Gasteiger partial charge in [0, 0.05) is 6.54 Å². The smallest absolute Gasteiger partial charge is 0.339 e. The van der Waals surface area contributed by atoms with Crippen LogP contribution in [-0.4, -0.2) is 54.3 Å². The average molecular weight is 347 g/mol. The number of hydrogen-bond donors (Lipinski definition) is 1. The number of carbonyl (C=O) groups excluding carboxylic acids is 1. The van der Waals surface area contributed by atoms with Crippen LogP contribution in [0.2, 0.25) is 0 Å². The third-order valence-corrected chi connectivity index (χ3v) is 5.23. The van der Waals surface area contributed by atoms with Crippen molar-refractivity contribution in [3.8, 4) is 5.75 Å². The minimum atomic E-state index is -1.10. The predicted octanol–water partition coefficient (Wildman–Crippen LogP) is 2.96. The molecule has 136 valence electrons. The molecule has 0 aromatic heterocycles. The molecule has 1 N–H and O–H groups in total. The highest BCUT2D eigenvalue weighted by Gasteiger charge is 2.39. The van der Waals surface area contributed by atoms with Gasteiger partial charge in [-0.15, -0.1) is 0 Å². The fourth-order valence-electron chi connectivity index (χ4n) is 3.96. The summed E-state index contributed by atoms with van der Waals surface area (Å²) in [4.78, 5) is 26.2. The number of carboxylic acids is 1. The van der Waals surface area contributed by atoms with Gasteiger partial charge < -0.3 is 19.5 Å². The second kappa shape index (κ2) is 7.44. The maximum Gasteiger partial charge on any atom is 0.339 e. The van der Waals surface area contributed by atoms with E-state index in [1.54, 1.807) is 17.0 Å². The van der Waals surface area contributed by atoms with Crippen LogP contribution in [0.5, 0.6) is 5.75 Å². The van der Waals surface area contributed by atoms with Crippen LogP contribution in [0.15, 0.2) is 18.2 Å². The summed E-state index contributed by atoms with van der Waals surface area (Å²) in [6.45, 7) is 1.60. The molecule has 1 aliphatic carbocycles. The normalized spacial score (nSPS) is 20.1. The number of morpholine rings is 1. The van der Waals surface area contributed by atoms with Crippen molar-refractivity contribution in [1.29, 1.82) is 0 Å². The standard InChI is InChI=1S/C19H25NO5/c1-24-16-14(7-6-8-15(16)18(22)23)17(21)20-11-12-25-19(13-20)9-4-2-3-5-10-19/h6-8H,2-5,9-13H2,1H3,(H,22,23). The fraction of sp³-hybridized carbons (Fsp3) is 0.579. The van der Waals surface area contributed by atoms with Gasteiger partial charge in [0.2, 0.25) is 0 Å². The van der Waals surface area contributed by atoms with E-state index in [1.807, 2.05) is 0 Å². The van der Waals surface area contributed by atoms with Crippen molar-refractivity contribution in [3.05, 3.63) is 29.3 Å². The number of hydrogen-bond acceptors (Lipinski definition) is 4. The van der Waals surface area contributed by atoms with E-state index in [4.69, 9.17) is 9.47 Å². The van der Waals surface area contributed by atoms with Gasteiger partial charge in [-0.3, -0.25) is 4.79 Å². The molecule has 1 heterocycles. The first-order valence-electron chi connectivity index (χ1n) is 8.90. The highest BCUT2D eigenvalue weighted by Crippen LogP contribution is 2.34. The maximum absolute atomic E-state index is 13.1. The lowest BCUT2D eigenvalue weighted by Gasteiger charge is -2.42. The third-order valence-electron chi connectivity index (χ3n) is 5.23. The summed E-state index contributed by atoms with van der Waals surface area (Å²) in [6.07, 6.45) is 6.63. The Labute approximate surface area is 147 Å². The van der Waals surface area contributed by atoms with Crippen LogP contribution >= 0.6 is 0 Å². The van der Waals surface area contributed by atoms with Gasteiger partial charge in [-0.2, -0.15) is 0 Å². The SMILES string of the molecule is COc1c(C(=O)O)cccc1C(=O)N1CCOC2(CCCCCC2)C1. The first kappa shape index (κ1) is 17.7. The van der Waals surface area contributed by atoms with E-state index in [0.29, 0.717) is 25.3 Å². The molecule has 2 fully saturated rings. The first-order valence-corrected chi connectivity index (χ1v) is 8.90. The molecule has 6 nitrogen and oxygen atoms in total. The van der Waals surface area contributed by atoms with Gasteiger partial charge in [-0.05, 0) is 25.0 Å². The quantitative estimate of drug-likeness (QED) is 0.910. The summed E-state index contributed by atoms with van der Waals surface area (Å²) in [7, 11) is 1.39. The predicted molar refractivity (Wildman–Crippen MR) is 92.2 cm³/mol. The van der Waals surface area contributed by atoms with Gasteiger partial charge in [0.15, 0.2) is 0 Å². The Morgan fingerprint density at radius 3 is 2.48 bits per heavy atom. The largest absolute Gasteiger partial charge is 0.495 e. The van der Waals surface area contributed by atoms with Gasteiger partial charge in [0.1, 0.15) is 11.3 Å². The Balaban J connectivity index is 1.85. The van der Waals surface area contributed by atoms with Crippen LogP contribution in [0.1, 0.15) is 59.2 Å². The van der Waals surface area contributed by atoms with E-state index < -0.39 is 5.97 Å². The summed E-state index contributed by atoms with van der Waals surface area (Å²) >= 11 is 0. The highest BCUT2D eigenvalue weighted by molar-refractivity contribution is 6.02. The minimum Gasteiger partial charge on any atom is -0.495 e. The van der Waals surface area contributed by atoms with Gasteiger partial charge >= 0.3 is 5.97 Å². The van der Waals surface area contributed by atoms with Gasteiger partial charge in [-0.25, -0.2) is 4.79 Å². The molecule has 1 aliphatic heterocycles. The molecule has 1 amide bonds. The second-order valence-electron chi connectivity index (χ2n) is 6.86. The Bertz CT molecular complexity index is 649. The number of methoxy groups -OCH3 is 1. The van der Waals surface area contributed by atoms with Gasteiger partial charge in [-0.1, -0.05) is 31.7 Å². The second-order valence-corrected chi connectivity index (χ2v) is 6.86. The summed E-state index contributed by atoms with van der Waals surface area (Å²) in [5, 5.41) is 9.32. The summed E-state index contributed by atoms with van der Waals surface area (Å²) in [5.41, 5.74) is 0.0565. The lowest BCUT2D eigenvalue weighted by molar-refractivity contribution is -0.107. The monoisotopic (exact) mass is 347 g/mol. The third kappa shape index (κ3) is 3.63. The molecular formula is C19H25NO5. The van der Waals surface area contributed by atoms with Crippen molar-refractivity contribution in [2.45, 2.75) is 44.1 Å². The van der Waals surface area contributed by atoms with Crippen molar-refractivity contribution in [3.63, 3.8) is 0 Å². The van der Waals surface area contributed by atoms with Crippen LogP contribution in [0.25, 0.3) is 0 Å². The van der Waals surface area contributed by atoms with Crippen molar-refractivity contribution < 1.29 is 24.2 Å². The Hall–Kier alpha value is -2.08. The summed E-state index contributed by atoms with van der Waals surface area (Å²) in [5.74, 6) is -1.16. The average Bonchev–Trinajstić information content (AvgIpc) is 2.85. The molecule has 2 aliphatic rings. The Morgan fingerprint density at radius 1 is 1.16 bits per heavy atom. The molecule has 6 heteroatoms. The fourth-order valence-corrected chi connectivity index (χ4v) is 3.96. The van der Waals surface area contributed by atoms with Crippen molar-refractivity contribution in [1.82, 2.24) is 4.90 Å². The van der Waals surface area contributed by atoms with Gasteiger partial charge in [0.25, 0.3) is 5.91 Å². The van der Waals surface area contributed by atoms with E-state index in [2.05, 4.69) is 0 Å². The number of amides is 1. The van der Waals surface area contributed by atoms with E-state index >= 15 is 0 Å². The number of rotatable bonds is 3. The number of carboxylic acid groups (broad SMARTS) is 1. The lowest BCUT2D eigenvalue weighted by Crippen LogP contribution is -2.53. The summed E-state index contributed by atoms with van der Waals surface area (Å²) in [6, 6.07) is 4.66. The van der Waals surface area contributed by atoms with Gasteiger partial charge in [0.05, 0.1) is 31.4 Å². The number of aromatic carboxylic acids is 1. The number of ether oxygens (including phenoxy) is 2. The first-order chi connectivity index (χ1) is 12.1. The zero-order valence-electron chi connectivity index (χ0n) is 14.6. The zero-order chi connectivity index (χ0) is 17.9. The molecule has 0 bridgehead atoms. The highest BCUT2D eigenvalue weighted by atomic mass is 16.5. The molecule has 1 spiro atoms. The number of para-hydroxylation sites is 1. The molecule has 1 saturated carbocycles. The molecule has 0 unspecified atom stereocenters. The van der Waals surface area contributed by atoms with Crippen molar-refractivity contribution in [2.24, 2.45) is 0 Å². The van der Waals surface area contributed by atoms with Crippen LogP contribution in [-0.2, 0) is 4.74 Å². The van der Waals surface area contributed by atoms with Crippen LogP contribution < -0.4 is 4.74 Å². The van der Waals surface area contributed by atoms with E-state index in [9.17, 15) is 14.7 Å².